The molecular formula is C25H26N4O5S. The molecule has 1 N–H and O–H groups in total. The van der Waals surface area contributed by atoms with E-state index in [0.717, 1.165) is 23.1 Å². The summed E-state index contributed by atoms with van der Waals surface area (Å²) in [5.41, 5.74) is 3.88. The van der Waals surface area contributed by atoms with Crippen LogP contribution in [0, 0.1) is 17.2 Å². The highest BCUT2D eigenvalue weighted by Crippen LogP contribution is 2.63. The number of sulfonamides is 1. The molecule has 3 aromatic rings. The molecule has 3 unspecified atom stereocenters. The average Bonchev–Trinajstić information content (AvgIpc) is 3.35. The molecule has 0 amide bonds. The standard InChI is InChI=1S/C25H26N4O5S/c1-14(2)33-21-8-7-15(11-16(21)13-26)25-27-24(28-34-25)18-6-4-5-17-22(18)19-12-20(19)23(17)29-35(30,31)10-9-32-3/h4-8,11,14,19-20,23,29H,9-10,12H2,1-3H3. The lowest BCUT2D eigenvalue weighted by molar-refractivity contribution is 0.216. The molecule has 2 aliphatic carbocycles. The van der Waals surface area contributed by atoms with Crippen molar-refractivity contribution < 1.29 is 22.4 Å². The minimum absolute atomic E-state index is 0.0531. The molecule has 1 aromatic heterocycles. The quantitative estimate of drug-likeness (QED) is 0.476. The van der Waals surface area contributed by atoms with Crippen molar-refractivity contribution in [2.24, 2.45) is 5.92 Å². The Kier molecular flexibility index (Phi) is 6.09. The number of hydrogen-bond donors (Lipinski definition) is 1. The monoisotopic (exact) mass is 494 g/mol. The second kappa shape index (κ2) is 9.07. The predicted molar refractivity (Wildman–Crippen MR) is 128 cm³/mol. The van der Waals surface area contributed by atoms with E-state index in [0.29, 0.717) is 28.6 Å². The van der Waals surface area contributed by atoms with Crippen LogP contribution < -0.4 is 9.46 Å². The highest BCUT2D eigenvalue weighted by Gasteiger charge is 2.54. The fourth-order valence-corrected chi connectivity index (χ4v) is 5.95. The Morgan fingerprint density at radius 2 is 2.11 bits per heavy atom. The molecule has 0 radical (unpaired) electrons. The van der Waals surface area contributed by atoms with Gasteiger partial charge in [-0.15, -0.1) is 0 Å². The van der Waals surface area contributed by atoms with Gasteiger partial charge in [0.2, 0.25) is 15.8 Å². The number of methoxy groups -OCH3 is 1. The van der Waals surface area contributed by atoms with E-state index in [2.05, 4.69) is 20.9 Å². The van der Waals surface area contributed by atoms with Crippen LogP contribution in [0.2, 0.25) is 0 Å². The van der Waals surface area contributed by atoms with Crippen LogP contribution >= 0.6 is 0 Å². The summed E-state index contributed by atoms with van der Waals surface area (Å²) in [4.78, 5) is 4.60. The topological polar surface area (TPSA) is 127 Å². The Hall–Kier alpha value is -3.26. The number of nitrogens with one attached hydrogen (secondary N) is 1. The second-order valence-corrected chi connectivity index (χ2v) is 11.0. The van der Waals surface area contributed by atoms with E-state index in [1.54, 1.807) is 18.2 Å². The molecule has 5 rings (SSSR count). The van der Waals surface area contributed by atoms with Gasteiger partial charge in [-0.1, -0.05) is 23.4 Å². The highest BCUT2D eigenvalue weighted by atomic mass is 32.2. The summed E-state index contributed by atoms with van der Waals surface area (Å²) in [6, 6.07) is 12.9. The molecule has 2 aliphatic rings. The van der Waals surface area contributed by atoms with Crippen molar-refractivity contribution in [3.63, 3.8) is 0 Å². The van der Waals surface area contributed by atoms with Crippen molar-refractivity contribution in [1.82, 2.24) is 14.9 Å². The van der Waals surface area contributed by atoms with Crippen LogP contribution in [-0.4, -0.2) is 44.1 Å². The first-order valence-electron chi connectivity index (χ1n) is 11.5. The fraction of sp³-hybridized carbons (Fsp3) is 0.400. The molecular weight excluding hydrogens is 468 g/mol. The number of aromatic nitrogens is 2. The van der Waals surface area contributed by atoms with Gasteiger partial charge < -0.3 is 14.0 Å². The maximum absolute atomic E-state index is 12.5. The van der Waals surface area contributed by atoms with E-state index < -0.39 is 10.0 Å². The lowest BCUT2D eigenvalue weighted by Crippen LogP contribution is -2.32. The van der Waals surface area contributed by atoms with Crippen LogP contribution in [0.4, 0.5) is 0 Å². The lowest BCUT2D eigenvalue weighted by atomic mass is 9.97. The maximum Gasteiger partial charge on any atom is 0.258 e. The van der Waals surface area contributed by atoms with Gasteiger partial charge >= 0.3 is 0 Å². The normalized spacial score (nSPS) is 20.4. The average molecular weight is 495 g/mol. The molecule has 182 valence electrons. The zero-order valence-electron chi connectivity index (χ0n) is 19.7. The van der Waals surface area contributed by atoms with Gasteiger partial charge in [0, 0.05) is 18.2 Å². The van der Waals surface area contributed by atoms with E-state index >= 15 is 0 Å². The van der Waals surface area contributed by atoms with Gasteiger partial charge in [-0.05, 0) is 61.4 Å². The summed E-state index contributed by atoms with van der Waals surface area (Å²) in [6.07, 6.45) is 0.859. The minimum Gasteiger partial charge on any atom is -0.490 e. The zero-order valence-corrected chi connectivity index (χ0v) is 20.5. The summed E-state index contributed by atoms with van der Waals surface area (Å²) in [5.74, 6) is 1.65. The number of nitrogens with zero attached hydrogens (tertiary/aromatic N) is 3. The lowest BCUT2D eigenvalue weighted by Gasteiger charge is -2.17. The molecule has 10 heteroatoms. The molecule has 35 heavy (non-hydrogen) atoms. The Bertz CT molecular complexity index is 1410. The fourth-order valence-electron chi connectivity index (χ4n) is 4.76. The summed E-state index contributed by atoms with van der Waals surface area (Å²) in [5, 5.41) is 13.7. The summed E-state index contributed by atoms with van der Waals surface area (Å²) < 4.78 is 44.0. The van der Waals surface area contributed by atoms with E-state index in [-0.39, 0.29) is 36.3 Å². The van der Waals surface area contributed by atoms with Crippen LogP contribution in [0.5, 0.6) is 5.75 Å². The van der Waals surface area contributed by atoms with Gasteiger partial charge in [0.15, 0.2) is 0 Å². The molecule has 2 aromatic carbocycles. The number of fused-ring (bicyclic) bond motifs is 3. The Labute approximate surface area is 204 Å². The number of rotatable bonds is 9. The van der Waals surface area contributed by atoms with Gasteiger partial charge in [-0.2, -0.15) is 10.2 Å². The number of ether oxygens (including phenoxy) is 2. The Morgan fingerprint density at radius 1 is 1.29 bits per heavy atom. The third-order valence-electron chi connectivity index (χ3n) is 6.35. The number of benzene rings is 2. The van der Waals surface area contributed by atoms with Gasteiger partial charge in [0.25, 0.3) is 5.89 Å². The maximum atomic E-state index is 12.5. The van der Waals surface area contributed by atoms with Crippen molar-refractivity contribution in [3.8, 4) is 34.7 Å². The smallest absolute Gasteiger partial charge is 0.258 e. The van der Waals surface area contributed by atoms with Gasteiger partial charge in [-0.25, -0.2) is 13.1 Å². The van der Waals surface area contributed by atoms with E-state index in [9.17, 15) is 13.7 Å². The second-order valence-electron chi connectivity index (χ2n) is 9.13. The van der Waals surface area contributed by atoms with Crippen molar-refractivity contribution in [3.05, 3.63) is 53.1 Å². The zero-order chi connectivity index (χ0) is 24.7. The van der Waals surface area contributed by atoms with Gasteiger partial charge in [0.05, 0.1) is 30.1 Å². The van der Waals surface area contributed by atoms with E-state index in [1.165, 1.54) is 7.11 Å². The molecule has 0 bridgehead atoms. The highest BCUT2D eigenvalue weighted by molar-refractivity contribution is 7.89. The molecule has 0 aliphatic heterocycles. The SMILES string of the molecule is COCCS(=O)(=O)NC1c2cccc(-c3noc(-c4ccc(OC(C)C)c(C#N)c4)n3)c2C2CC21. The molecule has 3 atom stereocenters. The first-order valence-corrected chi connectivity index (χ1v) is 13.1. The largest absolute Gasteiger partial charge is 0.490 e. The van der Waals surface area contributed by atoms with Gasteiger partial charge in [-0.3, -0.25) is 0 Å². The van der Waals surface area contributed by atoms with Crippen LogP contribution in [-0.2, 0) is 14.8 Å². The summed E-state index contributed by atoms with van der Waals surface area (Å²) >= 11 is 0. The first kappa shape index (κ1) is 23.5. The first-order chi connectivity index (χ1) is 16.8. The molecule has 0 saturated heterocycles. The molecule has 9 nitrogen and oxygen atoms in total. The van der Waals surface area contributed by atoms with E-state index in [4.69, 9.17) is 14.0 Å². The molecule has 1 saturated carbocycles. The third-order valence-corrected chi connectivity index (χ3v) is 7.67. The summed E-state index contributed by atoms with van der Waals surface area (Å²) in [7, 11) is -1.98. The van der Waals surface area contributed by atoms with E-state index in [1.807, 2.05) is 32.0 Å². The Morgan fingerprint density at radius 3 is 2.86 bits per heavy atom. The predicted octanol–water partition coefficient (Wildman–Crippen LogP) is 3.79. The Balaban J connectivity index is 1.44. The van der Waals surface area contributed by atoms with Crippen molar-refractivity contribution in [1.29, 1.82) is 5.26 Å². The van der Waals surface area contributed by atoms with Crippen molar-refractivity contribution >= 4 is 10.0 Å². The molecule has 1 heterocycles. The number of nitriles is 1. The molecule has 0 spiro atoms. The van der Waals surface area contributed by atoms with Crippen molar-refractivity contribution in [2.45, 2.75) is 38.3 Å². The third kappa shape index (κ3) is 4.55. The van der Waals surface area contributed by atoms with Crippen molar-refractivity contribution in [2.75, 3.05) is 19.5 Å². The number of hydrogen-bond acceptors (Lipinski definition) is 8. The van der Waals surface area contributed by atoms with Crippen LogP contribution in [0.25, 0.3) is 22.8 Å². The molecule has 1 fully saturated rings. The minimum atomic E-state index is -3.46. The summed E-state index contributed by atoms with van der Waals surface area (Å²) in [6.45, 7) is 3.95. The van der Waals surface area contributed by atoms with Crippen LogP contribution in [0.3, 0.4) is 0 Å². The van der Waals surface area contributed by atoms with Crippen LogP contribution in [0.1, 0.15) is 48.9 Å². The van der Waals surface area contributed by atoms with Gasteiger partial charge in [0.1, 0.15) is 11.8 Å². The van der Waals surface area contributed by atoms with Crippen LogP contribution in [0.15, 0.2) is 40.9 Å².